The highest BCUT2D eigenvalue weighted by Gasteiger charge is 2.09. The van der Waals surface area contributed by atoms with Crippen LogP contribution in [0.1, 0.15) is 18.5 Å². The average Bonchev–Trinajstić information content (AvgIpc) is 2.86. The van der Waals surface area contributed by atoms with E-state index in [1.54, 1.807) is 7.11 Å². The molecule has 0 saturated heterocycles. The summed E-state index contributed by atoms with van der Waals surface area (Å²) in [4.78, 5) is 6.38. The molecule has 1 aromatic carbocycles. The Bertz CT molecular complexity index is 504. The van der Waals surface area contributed by atoms with Crippen molar-refractivity contribution < 1.29 is 4.74 Å². The molecular formula is C13H18N4O. The third-order valence-electron chi connectivity index (χ3n) is 3.09. The van der Waals surface area contributed by atoms with Gasteiger partial charge in [-0.05, 0) is 26.6 Å². The molecule has 0 aliphatic heterocycles. The first-order valence-electron chi connectivity index (χ1n) is 5.85. The predicted molar refractivity (Wildman–Crippen MR) is 70.5 cm³/mol. The topological polar surface area (TPSA) is 54.0 Å². The summed E-state index contributed by atoms with van der Waals surface area (Å²) in [5.74, 6) is 0.718. The lowest BCUT2D eigenvalue weighted by Crippen LogP contribution is -2.16. The summed E-state index contributed by atoms with van der Waals surface area (Å²) in [6, 6.07) is 9.04. The molecule has 2 rings (SSSR count). The standard InChI is InChI=1S/C13H18N4O/c1-9(17(2)3)10-5-7-11(8-6-10)12-14-13(18-4)16-15-12/h5-9H,1-4H3,(H,14,15,16)/t9-/m0/s1. The largest absolute Gasteiger partial charge is 0.466 e. The Labute approximate surface area is 107 Å². The highest BCUT2D eigenvalue weighted by Crippen LogP contribution is 2.22. The minimum absolute atomic E-state index is 0.357. The van der Waals surface area contributed by atoms with Crippen molar-refractivity contribution in [3.8, 4) is 17.4 Å². The maximum atomic E-state index is 4.95. The van der Waals surface area contributed by atoms with Gasteiger partial charge in [-0.25, -0.2) is 0 Å². The number of methoxy groups -OCH3 is 1. The third-order valence-corrected chi connectivity index (χ3v) is 3.09. The second-order valence-electron chi connectivity index (χ2n) is 4.43. The normalized spacial score (nSPS) is 12.7. The van der Waals surface area contributed by atoms with E-state index in [0.29, 0.717) is 12.1 Å². The van der Waals surface area contributed by atoms with Gasteiger partial charge >= 0.3 is 6.01 Å². The number of H-pyrrole nitrogens is 1. The van der Waals surface area contributed by atoms with Gasteiger partial charge in [0, 0.05) is 11.6 Å². The smallest absolute Gasteiger partial charge is 0.335 e. The van der Waals surface area contributed by atoms with Crippen molar-refractivity contribution in [3.63, 3.8) is 0 Å². The molecule has 2 aromatic rings. The summed E-state index contributed by atoms with van der Waals surface area (Å²) >= 11 is 0. The Morgan fingerprint density at radius 3 is 2.39 bits per heavy atom. The van der Waals surface area contributed by atoms with Crippen LogP contribution < -0.4 is 4.74 Å². The summed E-state index contributed by atoms with van der Waals surface area (Å²) in [5.41, 5.74) is 2.27. The first-order chi connectivity index (χ1) is 8.61. The zero-order chi connectivity index (χ0) is 13.1. The maximum Gasteiger partial charge on any atom is 0.335 e. The number of aromatic amines is 1. The Morgan fingerprint density at radius 2 is 1.89 bits per heavy atom. The van der Waals surface area contributed by atoms with Gasteiger partial charge in [0.25, 0.3) is 0 Å². The quantitative estimate of drug-likeness (QED) is 0.897. The van der Waals surface area contributed by atoms with E-state index < -0.39 is 0 Å². The van der Waals surface area contributed by atoms with Gasteiger partial charge in [-0.15, -0.1) is 5.10 Å². The molecule has 1 N–H and O–H groups in total. The number of hydrogen-bond acceptors (Lipinski definition) is 4. The van der Waals surface area contributed by atoms with Gasteiger partial charge in [0.1, 0.15) is 0 Å². The molecule has 0 spiro atoms. The summed E-state index contributed by atoms with van der Waals surface area (Å²) in [5, 5.41) is 6.78. The Balaban J connectivity index is 2.21. The van der Waals surface area contributed by atoms with Crippen LogP contribution in [0.25, 0.3) is 11.4 Å². The third kappa shape index (κ3) is 2.51. The second-order valence-corrected chi connectivity index (χ2v) is 4.43. The van der Waals surface area contributed by atoms with Gasteiger partial charge in [-0.3, -0.25) is 5.10 Å². The van der Waals surface area contributed by atoms with Crippen LogP contribution in [0.5, 0.6) is 6.01 Å². The highest BCUT2D eigenvalue weighted by atomic mass is 16.5. The number of hydrogen-bond donors (Lipinski definition) is 1. The molecule has 0 aliphatic rings. The van der Waals surface area contributed by atoms with E-state index in [2.05, 4.69) is 53.2 Å². The Kier molecular flexibility index (Phi) is 3.62. The fourth-order valence-electron chi connectivity index (χ4n) is 1.68. The van der Waals surface area contributed by atoms with Crippen LogP contribution in [-0.2, 0) is 0 Å². The Morgan fingerprint density at radius 1 is 1.22 bits per heavy atom. The molecule has 0 saturated carbocycles. The molecule has 5 nitrogen and oxygen atoms in total. The van der Waals surface area contributed by atoms with Crippen LogP contribution in [0.4, 0.5) is 0 Å². The van der Waals surface area contributed by atoms with Crippen LogP contribution >= 0.6 is 0 Å². The van der Waals surface area contributed by atoms with Crippen molar-refractivity contribution in [1.82, 2.24) is 20.1 Å². The first kappa shape index (κ1) is 12.6. The molecule has 0 fully saturated rings. The van der Waals surface area contributed by atoms with Crippen molar-refractivity contribution in [2.75, 3.05) is 21.2 Å². The van der Waals surface area contributed by atoms with Gasteiger partial charge in [0.05, 0.1) is 7.11 Å². The van der Waals surface area contributed by atoms with Crippen molar-refractivity contribution in [3.05, 3.63) is 29.8 Å². The first-order valence-corrected chi connectivity index (χ1v) is 5.85. The van der Waals surface area contributed by atoms with Crippen molar-refractivity contribution in [2.24, 2.45) is 0 Å². The predicted octanol–water partition coefficient (Wildman–Crippen LogP) is 2.10. The van der Waals surface area contributed by atoms with Crippen molar-refractivity contribution in [2.45, 2.75) is 13.0 Å². The van der Waals surface area contributed by atoms with Crippen LogP contribution in [0, 0.1) is 0 Å². The molecule has 1 atom stereocenters. The fourth-order valence-corrected chi connectivity index (χ4v) is 1.68. The number of nitrogens with one attached hydrogen (secondary N) is 1. The molecule has 5 heteroatoms. The van der Waals surface area contributed by atoms with Crippen molar-refractivity contribution >= 4 is 0 Å². The lowest BCUT2D eigenvalue weighted by molar-refractivity contribution is 0.321. The van der Waals surface area contributed by atoms with Gasteiger partial charge < -0.3 is 9.64 Å². The minimum atomic E-state index is 0.357. The lowest BCUT2D eigenvalue weighted by Gasteiger charge is -2.20. The maximum absolute atomic E-state index is 4.95. The highest BCUT2D eigenvalue weighted by molar-refractivity contribution is 5.55. The van der Waals surface area contributed by atoms with Gasteiger partial charge in [-0.2, -0.15) is 4.98 Å². The average molecular weight is 246 g/mol. The molecule has 0 amide bonds. The molecule has 96 valence electrons. The molecule has 0 bridgehead atoms. The van der Waals surface area contributed by atoms with Crippen molar-refractivity contribution in [1.29, 1.82) is 0 Å². The molecule has 1 aromatic heterocycles. The lowest BCUT2D eigenvalue weighted by atomic mass is 10.1. The van der Waals surface area contributed by atoms with E-state index in [9.17, 15) is 0 Å². The Hall–Kier alpha value is -1.88. The van der Waals surface area contributed by atoms with E-state index in [1.165, 1.54) is 5.56 Å². The minimum Gasteiger partial charge on any atom is -0.466 e. The van der Waals surface area contributed by atoms with E-state index in [1.807, 2.05) is 12.1 Å². The summed E-state index contributed by atoms with van der Waals surface area (Å²) in [7, 11) is 5.69. The monoisotopic (exact) mass is 246 g/mol. The van der Waals surface area contributed by atoms with E-state index in [-0.39, 0.29) is 0 Å². The SMILES string of the molecule is COc1n[nH]c(-c2ccc([C@H](C)N(C)C)cc2)n1. The zero-order valence-corrected chi connectivity index (χ0v) is 11.1. The van der Waals surface area contributed by atoms with E-state index >= 15 is 0 Å². The fraction of sp³-hybridized carbons (Fsp3) is 0.385. The molecule has 0 unspecified atom stereocenters. The van der Waals surface area contributed by atoms with Crippen LogP contribution in [0.3, 0.4) is 0 Å². The van der Waals surface area contributed by atoms with Crippen LogP contribution in [0.15, 0.2) is 24.3 Å². The van der Waals surface area contributed by atoms with E-state index in [4.69, 9.17) is 4.74 Å². The number of nitrogens with zero attached hydrogens (tertiary/aromatic N) is 3. The number of benzene rings is 1. The van der Waals surface area contributed by atoms with Gasteiger partial charge in [0.15, 0.2) is 5.82 Å². The van der Waals surface area contributed by atoms with E-state index in [0.717, 1.165) is 11.4 Å². The van der Waals surface area contributed by atoms with Crippen LogP contribution in [-0.4, -0.2) is 41.3 Å². The molecular weight excluding hydrogens is 228 g/mol. The molecule has 18 heavy (non-hydrogen) atoms. The molecule has 0 aliphatic carbocycles. The zero-order valence-electron chi connectivity index (χ0n) is 11.1. The van der Waals surface area contributed by atoms with Gasteiger partial charge in [0.2, 0.25) is 0 Å². The number of aromatic nitrogens is 3. The van der Waals surface area contributed by atoms with Gasteiger partial charge in [-0.1, -0.05) is 24.3 Å². The van der Waals surface area contributed by atoms with Crippen LogP contribution in [0.2, 0.25) is 0 Å². The number of rotatable bonds is 4. The second kappa shape index (κ2) is 5.18. The molecule has 1 heterocycles. The summed E-state index contributed by atoms with van der Waals surface area (Å²) in [6.45, 7) is 2.17. The molecule has 0 radical (unpaired) electrons. The summed E-state index contributed by atoms with van der Waals surface area (Å²) in [6.07, 6.45) is 0. The summed E-state index contributed by atoms with van der Waals surface area (Å²) < 4.78 is 4.95. The number of ether oxygens (including phenoxy) is 1.